The minimum Gasteiger partial charge on any atom is -0.406 e. The molecule has 9 heteroatoms. The Morgan fingerprint density at radius 2 is 1.71 bits per heavy atom. The number of alkyl halides is 3. The van der Waals surface area contributed by atoms with Gasteiger partial charge in [0, 0.05) is 45.3 Å². The number of allylic oxidation sites excluding steroid dienone is 2. The van der Waals surface area contributed by atoms with Gasteiger partial charge >= 0.3 is 6.36 Å². The van der Waals surface area contributed by atoms with Crippen LogP contribution in [0, 0.1) is 0 Å². The lowest BCUT2D eigenvalue weighted by Gasteiger charge is -2.36. The molecule has 0 N–H and O–H groups in total. The van der Waals surface area contributed by atoms with E-state index in [1.807, 2.05) is 18.9 Å². The highest BCUT2D eigenvalue weighted by molar-refractivity contribution is 5.87. The third-order valence-corrected chi connectivity index (χ3v) is 5.81. The van der Waals surface area contributed by atoms with Gasteiger partial charge in [0.2, 0.25) is 5.91 Å². The summed E-state index contributed by atoms with van der Waals surface area (Å²) in [4.78, 5) is 22.6. The Morgan fingerprint density at radius 3 is 2.26 bits per heavy atom. The van der Waals surface area contributed by atoms with Gasteiger partial charge in [-0.1, -0.05) is 37.4 Å². The number of amidine groups is 1. The molecule has 2 aliphatic rings. The van der Waals surface area contributed by atoms with Gasteiger partial charge in [0.15, 0.2) is 0 Å². The van der Waals surface area contributed by atoms with Crippen molar-refractivity contribution in [3.63, 3.8) is 0 Å². The molecule has 0 aromatic heterocycles. The van der Waals surface area contributed by atoms with Crippen LogP contribution in [0.5, 0.6) is 5.75 Å². The zero-order valence-corrected chi connectivity index (χ0v) is 19.5. The number of benzene rings is 1. The molecule has 3 rings (SSSR count). The summed E-state index contributed by atoms with van der Waals surface area (Å²) in [7, 11) is 1.92. The predicted octanol–water partition coefficient (Wildman–Crippen LogP) is 4.45. The number of likely N-dealkylation sites (N-methyl/N-ethyl adjacent to an activating group) is 1. The molecule has 34 heavy (non-hydrogen) atoms. The van der Waals surface area contributed by atoms with E-state index in [0.29, 0.717) is 50.3 Å². The van der Waals surface area contributed by atoms with Crippen molar-refractivity contribution < 1.29 is 22.7 Å². The Balaban J connectivity index is 1.85. The number of aliphatic imine (C=N–C) groups is 1. The van der Waals surface area contributed by atoms with E-state index in [2.05, 4.69) is 29.4 Å². The van der Waals surface area contributed by atoms with Crippen molar-refractivity contribution in [3.8, 4) is 5.75 Å². The second-order valence-corrected chi connectivity index (χ2v) is 8.31. The van der Waals surface area contributed by atoms with Gasteiger partial charge in [-0.2, -0.15) is 0 Å². The zero-order chi connectivity index (χ0) is 25.0. The summed E-state index contributed by atoms with van der Waals surface area (Å²) in [5.41, 5.74) is 3.20. The average Bonchev–Trinajstić information content (AvgIpc) is 2.79. The predicted molar refractivity (Wildman–Crippen MR) is 127 cm³/mol. The first-order valence-corrected chi connectivity index (χ1v) is 10.9. The molecule has 0 aliphatic carbocycles. The highest BCUT2D eigenvalue weighted by Gasteiger charge is 2.31. The molecule has 1 aromatic rings. The maximum atomic E-state index is 12.5. The van der Waals surface area contributed by atoms with E-state index in [9.17, 15) is 18.0 Å². The Morgan fingerprint density at radius 1 is 1.12 bits per heavy atom. The van der Waals surface area contributed by atoms with E-state index in [1.54, 1.807) is 17.0 Å². The van der Waals surface area contributed by atoms with Crippen molar-refractivity contribution in [2.24, 2.45) is 4.99 Å². The van der Waals surface area contributed by atoms with Crippen molar-refractivity contribution in [2.45, 2.75) is 19.7 Å². The summed E-state index contributed by atoms with van der Waals surface area (Å²) in [6.45, 7) is 16.9. The van der Waals surface area contributed by atoms with E-state index in [-0.39, 0.29) is 11.7 Å². The highest BCUT2D eigenvalue weighted by Crippen LogP contribution is 2.35. The number of carbonyl (C=O) groups excluding carboxylic acids is 1. The molecule has 0 unspecified atom stereocenters. The van der Waals surface area contributed by atoms with Gasteiger partial charge in [-0.15, -0.1) is 13.2 Å². The number of hydrogen-bond acceptors (Lipinski definition) is 4. The number of carbonyl (C=O) groups is 1. The molecule has 2 aliphatic heterocycles. The highest BCUT2D eigenvalue weighted by atomic mass is 19.4. The summed E-state index contributed by atoms with van der Waals surface area (Å²) in [6.07, 6.45) is -2.85. The lowest BCUT2D eigenvalue weighted by Crippen LogP contribution is -2.49. The summed E-state index contributed by atoms with van der Waals surface area (Å²) in [6, 6.07) is 5.65. The number of piperazine rings is 1. The molecule has 0 bridgehead atoms. The van der Waals surface area contributed by atoms with Gasteiger partial charge < -0.3 is 19.4 Å². The maximum Gasteiger partial charge on any atom is 0.573 e. The first-order chi connectivity index (χ1) is 16.0. The molecular weight excluding hydrogens is 445 g/mol. The van der Waals surface area contributed by atoms with Crippen LogP contribution < -0.4 is 4.74 Å². The fraction of sp³-hybridized carbons (Fsp3) is 0.360. The summed E-state index contributed by atoms with van der Waals surface area (Å²) < 4.78 is 41.4. The zero-order valence-electron chi connectivity index (χ0n) is 19.5. The van der Waals surface area contributed by atoms with E-state index in [4.69, 9.17) is 4.99 Å². The third kappa shape index (κ3) is 6.09. The first-order valence-electron chi connectivity index (χ1n) is 10.9. The number of rotatable bonds is 5. The largest absolute Gasteiger partial charge is 0.573 e. The van der Waals surface area contributed by atoms with Gasteiger partial charge in [-0.05, 0) is 42.7 Å². The molecule has 1 fully saturated rings. The quantitative estimate of drug-likeness (QED) is 0.274. The monoisotopic (exact) mass is 474 g/mol. The minimum atomic E-state index is -4.74. The molecule has 1 saturated heterocycles. The summed E-state index contributed by atoms with van der Waals surface area (Å²) in [5, 5.41) is 0. The van der Waals surface area contributed by atoms with Crippen LogP contribution in [0.3, 0.4) is 0 Å². The molecule has 6 nitrogen and oxygen atoms in total. The molecule has 0 spiro atoms. The van der Waals surface area contributed by atoms with Crippen LogP contribution in [0.25, 0.3) is 5.57 Å². The summed E-state index contributed by atoms with van der Waals surface area (Å²) in [5.74, 6) is 1.20. The number of ether oxygens (including phenoxy) is 1. The first kappa shape index (κ1) is 25.1. The van der Waals surface area contributed by atoms with Crippen LogP contribution >= 0.6 is 0 Å². The van der Waals surface area contributed by atoms with Gasteiger partial charge in [0.05, 0.1) is 0 Å². The van der Waals surface area contributed by atoms with Crippen LogP contribution in [0.4, 0.5) is 13.2 Å². The standard InChI is InChI=1S/C25H29F3N4O2/c1-6-23(33)32-13-11-31(12-14-32)19(4)29-24-22(15-17(2)16-30(24)5)18(3)20-7-9-21(10-8-20)34-25(26,27)28/h6-10H,1-3,11-16H2,4-5H3/b29-19+. The minimum absolute atomic E-state index is 0.0762. The summed E-state index contributed by atoms with van der Waals surface area (Å²) >= 11 is 0. The van der Waals surface area contributed by atoms with Crippen LogP contribution in [-0.2, 0) is 4.79 Å². The van der Waals surface area contributed by atoms with Crippen molar-refractivity contribution in [2.75, 3.05) is 39.8 Å². The van der Waals surface area contributed by atoms with Gasteiger partial charge in [0.1, 0.15) is 17.4 Å². The van der Waals surface area contributed by atoms with Crippen molar-refractivity contribution in [3.05, 3.63) is 72.6 Å². The van der Waals surface area contributed by atoms with Crippen molar-refractivity contribution >= 4 is 17.3 Å². The van der Waals surface area contributed by atoms with Crippen LogP contribution in [-0.4, -0.2) is 72.6 Å². The lowest BCUT2D eigenvalue weighted by molar-refractivity contribution is -0.274. The topological polar surface area (TPSA) is 48.4 Å². The molecule has 1 amide bonds. The number of hydrogen-bond donors (Lipinski definition) is 0. The van der Waals surface area contributed by atoms with Gasteiger partial charge in [-0.3, -0.25) is 4.79 Å². The molecule has 2 heterocycles. The maximum absolute atomic E-state index is 12.5. The van der Waals surface area contributed by atoms with Crippen LogP contribution in [0.2, 0.25) is 0 Å². The Labute approximate surface area is 198 Å². The van der Waals surface area contributed by atoms with E-state index >= 15 is 0 Å². The Bertz CT molecular complexity index is 1030. The number of nitrogens with zero attached hydrogens (tertiary/aromatic N) is 4. The second kappa shape index (κ2) is 10.2. The lowest BCUT2D eigenvalue weighted by atomic mass is 9.91. The van der Waals surface area contributed by atoms with E-state index < -0.39 is 6.36 Å². The average molecular weight is 475 g/mol. The molecular formula is C25H29F3N4O2. The Hall–Kier alpha value is -3.49. The van der Waals surface area contributed by atoms with Gasteiger partial charge in [0.25, 0.3) is 0 Å². The molecule has 0 atom stereocenters. The number of halogens is 3. The smallest absolute Gasteiger partial charge is 0.406 e. The van der Waals surface area contributed by atoms with Crippen molar-refractivity contribution in [1.29, 1.82) is 0 Å². The Kier molecular flexibility index (Phi) is 7.54. The van der Waals surface area contributed by atoms with Crippen LogP contribution in [0.1, 0.15) is 18.9 Å². The SMILES string of the molecule is C=CC(=O)N1CCN(/C(C)=N/C2=C(C(=C)c3ccc(OC(F)(F)F)cc3)CC(=C)CN2C)CC1. The normalized spacial score (nSPS) is 17.7. The molecule has 182 valence electrons. The fourth-order valence-corrected chi connectivity index (χ4v) is 4.06. The van der Waals surface area contributed by atoms with Gasteiger partial charge in [-0.25, -0.2) is 4.99 Å². The van der Waals surface area contributed by atoms with Crippen LogP contribution in [0.15, 0.2) is 72.0 Å². The van der Waals surface area contributed by atoms with Crippen molar-refractivity contribution in [1.82, 2.24) is 14.7 Å². The van der Waals surface area contributed by atoms with E-state index in [1.165, 1.54) is 18.2 Å². The third-order valence-electron chi connectivity index (χ3n) is 5.81. The van der Waals surface area contributed by atoms with E-state index in [0.717, 1.165) is 22.8 Å². The fourth-order valence-electron chi connectivity index (χ4n) is 4.06. The molecule has 0 saturated carbocycles. The second-order valence-electron chi connectivity index (χ2n) is 8.31. The molecule has 0 radical (unpaired) electrons. The molecule has 1 aromatic carbocycles. The number of amides is 1.